The summed E-state index contributed by atoms with van der Waals surface area (Å²) >= 11 is 0. The number of benzene rings is 1. The number of aromatic nitrogens is 1. The number of rotatable bonds is 2. The van der Waals surface area contributed by atoms with E-state index < -0.39 is 0 Å². The Morgan fingerprint density at radius 1 is 1.31 bits per heavy atom. The van der Waals surface area contributed by atoms with Gasteiger partial charge in [0.2, 0.25) is 5.91 Å². The molecule has 0 spiro atoms. The van der Waals surface area contributed by atoms with Crippen LogP contribution in [-0.2, 0) is 4.79 Å². The summed E-state index contributed by atoms with van der Waals surface area (Å²) in [6, 6.07) is 9.32. The molecule has 0 atom stereocenters. The van der Waals surface area contributed by atoms with Crippen molar-refractivity contribution in [1.29, 1.82) is 0 Å². The number of hydrogen-bond acceptors (Lipinski definition) is 3. The summed E-state index contributed by atoms with van der Waals surface area (Å²) in [5, 5.41) is 3.65. The molecule has 2 rings (SSSR count). The van der Waals surface area contributed by atoms with Crippen molar-refractivity contribution < 1.29 is 4.79 Å². The maximum absolute atomic E-state index is 11.2. The van der Waals surface area contributed by atoms with Crippen LogP contribution >= 0.6 is 12.4 Å². The molecule has 0 aliphatic carbocycles. The molecule has 5 heteroatoms. The number of carbonyl (C=O) groups excluding carboxylic acids is 1. The number of anilines is 1. The van der Waals surface area contributed by atoms with Crippen LogP contribution in [0.3, 0.4) is 0 Å². The molecule has 1 heterocycles. The van der Waals surface area contributed by atoms with E-state index in [2.05, 4.69) is 10.3 Å². The quantitative estimate of drug-likeness (QED) is 0.833. The first-order chi connectivity index (χ1) is 7.31. The third-order valence-electron chi connectivity index (χ3n) is 2.11. The number of halogens is 1. The van der Waals surface area contributed by atoms with E-state index >= 15 is 0 Å². The van der Waals surface area contributed by atoms with Crippen molar-refractivity contribution >= 4 is 34.9 Å². The van der Waals surface area contributed by atoms with Gasteiger partial charge in [0.25, 0.3) is 0 Å². The average Bonchev–Trinajstić information content (AvgIpc) is 2.29. The van der Waals surface area contributed by atoms with E-state index in [0.717, 1.165) is 16.6 Å². The Labute approximate surface area is 99.3 Å². The van der Waals surface area contributed by atoms with Gasteiger partial charge in [-0.2, -0.15) is 0 Å². The molecule has 84 valence electrons. The minimum absolute atomic E-state index is 0. The highest BCUT2D eigenvalue weighted by atomic mass is 35.5. The third kappa shape index (κ3) is 2.48. The van der Waals surface area contributed by atoms with Crippen molar-refractivity contribution in [3.63, 3.8) is 0 Å². The Morgan fingerprint density at radius 3 is 2.88 bits per heavy atom. The zero-order valence-corrected chi connectivity index (χ0v) is 9.33. The van der Waals surface area contributed by atoms with Gasteiger partial charge in [0.1, 0.15) is 0 Å². The van der Waals surface area contributed by atoms with Crippen molar-refractivity contribution in [1.82, 2.24) is 4.98 Å². The van der Waals surface area contributed by atoms with Gasteiger partial charge in [-0.3, -0.25) is 9.78 Å². The molecule has 0 saturated heterocycles. The highest BCUT2D eigenvalue weighted by molar-refractivity contribution is 6.01. The van der Waals surface area contributed by atoms with Gasteiger partial charge >= 0.3 is 0 Å². The van der Waals surface area contributed by atoms with Gasteiger partial charge in [-0.05, 0) is 24.3 Å². The fourth-order valence-corrected chi connectivity index (χ4v) is 1.41. The van der Waals surface area contributed by atoms with Crippen LogP contribution in [0.5, 0.6) is 0 Å². The van der Waals surface area contributed by atoms with E-state index in [9.17, 15) is 4.79 Å². The van der Waals surface area contributed by atoms with Crippen molar-refractivity contribution in [2.24, 2.45) is 5.73 Å². The molecular weight excluding hydrogens is 226 g/mol. The van der Waals surface area contributed by atoms with E-state index in [0.29, 0.717) is 0 Å². The lowest BCUT2D eigenvalue weighted by molar-refractivity contribution is -0.114. The monoisotopic (exact) mass is 237 g/mol. The highest BCUT2D eigenvalue weighted by Crippen LogP contribution is 2.20. The summed E-state index contributed by atoms with van der Waals surface area (Å²) in [7, 11) is 0. The number of fused-ring (bicyclic) bond motifs is 1. The number of pyridine rings is 1. The van der Waals surface area contributed by atoms with E-state index in [4.69, 9.17) is 5.73 Å². The fraction of sp³-hybridized carbons (Fsp3) is 0.0909. The van der Waals surface area contributed by atoms with Crippen molar-refractivity contribution in [2.75, 3.05) is 11.9 Å². The smallest absolute Gasteiger partial charge is 0.238 e. The van der Waals surface area contributed by atoms with E-state index in [1.807, 2.05) is 30.3 Å². The van der Waals surface area contributed by atoms with Crippen LogP contribution in [0.4, 0.5) is 5.69 Å². The van der Waals surface area contributed by atoms with Crippen LogP contribution in [0.2, 0.25) is 0 Å². The molecule has 1 amide bonds. The molecular formula is C11H12ClN3O. The maximum atomic E-state index is 11.2. The molecule has 4 nitrogen and oxygen atoms in total. The second-order valence-electron chi connectivity index (χ2n) is 3.13. The highest BCUT2D eigenvalue weighted by Gasteiger charge is 2.03. The molecule has 0 aliphatic rings. The summed E-state index contributed by atoms with van der Waals surface area (Å²) in [5.74, 6) is -0.202. The van der Waals surface area contributed by atoms with Crippen LogP contribution in [-0.4, -0.2) is 17.4 Å². The predicted molar refractivity (Wildman–Crippen MR) is 66.7 cm³/mol. The summed E-state index contributed by atoms with van der Waals surface area (Å²) in [5.41, 5.74) is 6.84. The molecule has 2 aromatic rings. The Morgan fingerprint density at radius 2 is 2.12 bits per heavy atom. The van der Waals surface area contributed by atoms with Gasteiger partial charge in [-0.25, -0.2) is 0 Å². The molecule has 0 unspecified atom stereocenters. The largest absolute Gasteiger partial charge is 0.324 e. The minimum Gasteiger partial charge on any atom is -0.324 e. The number of nitrogens with one attached hydrogen (secondary N) is 1. The molecule has 16 heavy (non-hydrogen) atoms. The van der Waals surface area contributed by atoms with Gasteiger partial charge in [0.15, 0.2) is 0 Å². The van der Waals surface area contributed by atoms with Crippen molar-refractivity contribution in [2.45, 2.75) is 0 Å². The molecule has 0 bridgehead atoms. The normalized spacial score (nSPS) is 9.56. The van der Waals surface area contributed by atoms with Crippen molar-refractivity contribution in [3.05, 3.63) is 36.5 Å². The summed E-state index contributed by atoms with van der Waals surface area (Å²) in [4.78, 5) is 15.4. The SMILES string of the molecule is Cl.NCC(=O)Nc1cccc2ncccc12. The first-order valence-corrected chi connectivity index (χ1v) is 4.65. The number of nitrogens with two attached hydrogens (primary N) is 1. The Kier molecular flexibility index (Phi) is 4.22. The van der Waals surface area contributed by atoms with Crippen LogP contribution in [0.25, 0.3) is 10.9 Å². The van der Waals surface area contributed by atoms with Crippen LogP contribution < -0.4 is 11.1 Å². The maximum Gasteiger partial charge on any atom is 0.238 e. The second-order valence-corrected chi connectivity index (χ2v) is 3.13. The van der Waals surface area contributed by atoms with Gasteiger partial charge in [-0.15, -0.1) is 12.4 Å². The van der Waals surface area contributed by atoms with Crippen LogP contribution in [0, 0.1) is 0 Å². The topological polar surface area (TPSA) is 68.0 Å². The van der Waals surface area contributed by atoms with E-state index in [1.54, 1.807) is 6.20 Å². The molecule has 3 N–H and O–H groups in total. The molecule has 0 aliphatic heterocycles. The number of hydrogen-bond donors (Lipinski definition) is 2. The minimum atomic E-state index is -0.202. The Balaban J connectivity index is 0.00000128. The Bertz CT molecular complexity index is 496. The number of carbonyl (C=O) groups is 1. The summed E-state index contributed by atoms with van der Waals surface area (Å²) in [6.07, 6.45) is 1.72. The number of nitrogens with zero attached hydrogens (tertiary/aromatic N) is 1. The molecule has 0 radical (unpaired) electrons. The molecule has 1 aromatic carbocycles. The first-order valence-electron chi connectivity index (χ1n) is 4.65. The third-order valence-corrected chi connectivity index (χ3v) is 2.11. The van der Waals surface area contributed by atoms with Gasteiger partial charge in [0.05, 0.1) is 17.7 Å². The van der Waals surface area contributed by atoms with Gasteiger partial charge in [0, 0.05) is 11.6 Å². The standard InChI is InChI=1S/C11H11N3O.ClH/c12-7-11(15)14-10-5-1-4-9-8(10)3-2-6-13-9;/h1-6H,7,12H2,(H,14,15);1H. The number of amides is 1. The first kappa shape index (κ1) is 12.4. The molecule has 1 aromatic heterocycles. The van der Waals surface area contributed by atoms with E-state index in [-0.39, 0.29) is 24.9 Å². The molecule has 0 saturated carbocycles. The van der Waals surface area contributed by atoms with Crippen LogP contribution in [0.1, 0.15) is 0 Å². The van der Waals surface area contributed by atoms with Crippen LogP contribution in [0.15, 0.2) is 36.5 Å². The van der Waals surface area contributed by atoms with Gasteiger partial charge < -0.3 is 11.1 Å². The lowest BCUT2D eigenvalue weighted by Gasteiger charge is -2.06. The zero-order chi connectivity index (χ0) is 10.7. The van der Waals surface area contributed by atoms with E-state index in [1.165, 1.54) is 0 Å². The van der Waals surface area contributed by atoms with Crippen molar-refractivity contribution in [3.8, 4) is 0 Å². The molecule has 0 fully saturated rings. The lowest BCUT2D eigenvalue weighted by Crippen LogP contribution is -2.21. The zero-order valence-electron chi connectivity index (χ0n) is 8.51. The summed E-state index contributed by atoms with van der Waals surface area (Å²) in [6.45, 7) is -0.0172. The fourth-order valence-electron chi connectivity index (χ4n) is 1.41. The Hall–Kier alpha value is -1.65. The van der Waals surface area contributed by atoms with Gasteiger partial charge in [-0.1, -0.05) is 6.07 Å². The lowest BCUT2D eigenvalue weighted by atomic mass is 10.2. The average molecular weight is 238 g/mol. The predicted octanol–water partition coefficient (Wildman–Crippen LogP) is 1.55. The second kappa shape index (κ2) is 5.44. The summed E-state index contributed by atoms with van der Waals surface area (Å²) < 4.78 is 0.